The lowest BCUT2D eigenvalue weighted by molar-refractivity contribution is 0.852. The van der Waals surface area contributed by atoms with Gasteiger partial charge in [-0.1, -0.05) is 23.7 Å². The van der Waals surface area contributed by atoms with E-state index in [0.717, 1.165) is 17.2 Å². The van der Waals surface area contributed by atoms with E-state index in [0.29, 0.717) is 11.6 Å². The first-order valence-corrected chi connectivity index (χ1v) is 5.10. The van der Waals surface area contributed by atoms with Crippen molar-refractivity contribution in [2.24, 2.45) is 5.73 Å². The predicted octanol–water partition coefficient (Wildman–Crippen LogP) is 2.29. The van der Waals surface area contributed by atoms with Gasteiger partial charge in [-0.3, -0.25) is 4.57 Å². The van der Waals surface area contributed by atoms with Crippen LogP contribution in [0.1, 0.15) is 11.5 Å². The number of hydrogen-bond acceptors (Lipinski definition) is 2. The fourth-order valence-electron chi connectivity index (χ4n) is 1.59. The van der Waals surface area contributed by atoms with Crippen LogP contribution in [0.2, 0.25) is 5.02 Å². The molecule has 0 amide bonds. The molecule has 3 nitrogen and oxygen atoms in total. The second kappa shape index (κ2) is 4.04. The van der Waals surface area contributed by atoms with E-state index in [4.69, 9.17) is 17.3 Å². The molecule has 1 heterocycles. The molecule has 0 saturated heterocycles. The molecular formula is C11H12ClN3. The highest BCUT2D eigenvalue weighted by Gasteiger charge is 2.09. The maximum atomic E-state index is 6.13. The lowest BCUT2D eigenvalue weighted by Crippen LogP contribution is -2.08. The van der Waals surface area contributed by atoms with Gasteiger partial charge in [-0.15, -0.1) is 0 Å². The lowest BCUT2D eigenvalue weighted by Gasteiger charge is -2.10. The standard InChI is InChI=1S/C11H12ClN3/c1-8-7-14-11(6-13)15(8)10-5-3-2-4-9(10)12/h2-5,7H,6,13H2,1H3. The zero-order valence-electron chi connectivity index (χ0n) is 8.44. The Labute approximate surface area is 93.5 Å². The summed E-state index contributed by atoms with van der Waals surface area (Å²) in [6.07, 6.45) is 1.80. The fourth-order valence-corrected chi connectivity index (χ4v) is 1.81. The van der Waals surface area contributed by atoms with Crippen molar-refractivity contribution in [3.8, 4) is 5.69 Å². The van der Waals surface area contributed by atoms with Crippen LogP contribution in [0.4, 0.5) is 0 Å². The quantitative estimate of drug-likeness (QED) is 0.846. The van der Waals surface area contributed by atoms with Crippen molar-refractivity contribution in [3.63, 3.8) is 0 Å². The Morgan fingerprint density at radius 3 is 2.80 bits per heavy atom. The van der Waals surface area contributed by atoms with Crippen molar-refractivity contribution in [1.29, 1.82) is 0 Å². The van der Waals surface area contributed by atoms with Crippen LogP contribution in [0, 0.1) is 6.92 Å². The second-order valence-corrected chi connectivity index (χ2v) is 3.71. The zero-order valence-corrected chi connectivity index (χ0v) is 9.20. The van der Waals surface area contributed by atoms with E-state index in [1.807, 2.05) is 35.8 Å². The first-order valence-electron chi connectivity index (χ1n) is 4.72. The van der Waals surface area contributed by atoms with Crippen LogP contribution in [0.3, 0.4) is 0 Å². The Bertz CT molecular complexity index is 476. The first kappa shape index (κ1) is 10.2. The number of halogens is 1. The first-order chi connectivity index (χ1) is 7.24. The number of aryl methyl sites for hydroxylation is 1. The molecule has 1 aromatic heterocycles. The van der Waals surface area contributed by atoms with Crippen LogP contribution in [0.15, 0.2) is 30.5 Å². The number of aromatic nitrogens is 2. The molecule has 78 valence electrons. The van der Waals surface area contributed by atoms with Gasteiger partial charge in [0.05, 0.1) is 17.3 Å². The summed E-state index contributed by atoms with van der Waals surface area (Å²) in [5.41, 5.74) is 7.58. The van der Waals surface area contributed by atoms with Crippen molar-refractivity contribution in [1.82, 2.24) is 9.55 Å². The number of benzene rings is 1. The molecule has 0 aliphatic carbocycles. The maximum Gasteiger partial charge on any atom is 0.127 e. The van der Waals surface area contributed by atoms with Gasteiger partial charge in [-0.2, -0.15) is 0 Å². The molecule has 15 heavy (non-hydrogen) atoms. The molecule has 1 aromatic carbocycles. The Balaban J connectivity index is 2.63. The molecule has 0 radical (unpaired) electrons. The average Bonchev–Trinajstić information content (AvgIpc) is 2.60. The third-order valence-corrected chi connectivity index (χ3v) is 2.61. The highest BCUT2D eigenvalue weighted by Crippen LogP contribution is 2.22. The van der Waals surface area contributed by atoms with Gasteiger partial charge in [0.2, 0.25) is 0 Å². The van der Waals surface area contributed by atoms with E-state index < -0.39 is 0 Å². The van der Waals surface area contributed by atoms with Crippen molar-refractivity contribution in [2.75, 3.05) is 0 Å². The van der Waals surface area contributed by atoms with Crippen molar-refractivity contribution < 1.29 is 0 Å². The topological polar surface area (TPSA) is 43.8 Å². The number of rotatable bonds is 2. The number of hydrogen-bond donors (Lipinski definition) is 1. The van der Waals surface area contributed by atoms with Crippen molar-refractivity contribution in [2.45, 2.75) is 13.5 Å². The SMILES string of the molecule is Cc1cnc(CN)n1-c1ccccc1Cl. The minimum Gasteiger partial charge on any atom is -0.324 e. The molecule has 0 atom stereocenters. The van der Waals surface area contributed by atoms with E-state index in [1.54, 1.807) is 6.20 Å². The number of nitrogens with zero attached hydrogens (tertiary/aromatic N) is 2. The highest BCUT2D eigenvalue weighted by molar-refractivity contribution is 6.32. The third kappa shape index (κ3) is 1.76. The summed E-state index contributed by atoms with van der Waals surface area (Å²) in [5, 5.41) is 0.702. The van der Waals surface area contributed by atoms with Gasteiger partial charge >= 0.3 is 0 Å². The Hall–Kier alpha value is -1.32. The molecular weight excluding hydrogens is 210 g/mol. The minimum atomic E-state index is 0.402. The van der Waals surface area contributed by atoms with Gasteiger partial charge < -0.3 is 5.73 Å². The summed E-state index contributed by atoms with van der Waals surface area (Å²) < 4.78 is 1.97. The molecule has 0 fully saturated rings. The maximum absolute atomic E-state index is 6.13. The number of imidazole rings is 1. The van der Waals surface area contributed by atoms with Crippen LogP contribution < -0.4 is 5.73 Å². The monoisotopic (exact) mass is 221 g/mol. The van der Waals surface area contributed by atoms with E-state index in [1.165, 1.54) is 0 Å². The van der Waals surface area contributed by atoms with Gasteiger partial charge in [0.25, 0.3) is 0 Å². The van der Waals surface area contributed by atoms with Crippen molar-refractivity contribution in [3.05, 3.63) is 47.0 Å². The molecule has 0 aliphatic heterocycles. The molecule has 0 spiro atoms. The Morgan fingerprint density at radius 2 is 2.13 bits per heavy atom. The Morgan fingerprint density at radius 1 is 1.40 bits per heavy atom. The van der Waals surface area contributed by atoms with Gasteiger partial charge in [0.15, 0.2) is 0 Å². The summed E-state index contributed by atoms with van der Waals surface area (Å²) in [6, 6.07) is 7.66. The third-order valence-electron chi connectivity index (χ3n) is 2.29. The van der Waals surface area contributed by atoms with E-state index >= 15 is 0 Å². The second-order valence-electron chi connectivity index (χ2n) is 3.31. The van der Waals surface area contributed by atoms with Gasteiger partial charge in [0.1, 0.15) is 5.82 Å². The normalized spacial score (nSPS) is 10.6. The zero-order chi connectivity index (χ0) is 10.8. The highest BCUT2D eigenvalue weighted by atomic mass is 35.5. The molecule has 0 bridgehead atoms. The molecule has 4 heteroatoms. The smallest absolute Gasteiger partial charge is 0.127 e. The summed E-state index contributed by atoms with van der Waals surface area (Å²) in [5.74, 6) is 0.820. The number of nitrogens with two attached hydrogens (primary N) is 1. The molecule has 0 saturated carbocycles. The van der Waals surface area contributed by atoms with Gasteiger partial charge in [-0.25, -0.2) is 4.98 Å². The molecule has 0 aliphatic rings. The summed E-state index contributed by atoms with van der Waals surface area (Å²) >= 11 is 6.13. The average molecular weight is 222 g/mol. The summed E-state index contributed by atoms with van der Waals surface area (Å²) in [4.78, 5) is 4.23. The molecule has 2 aromatic rings. The van der Waals surface area contributed by atoms with Crippen LogP contribution in [-0.4, -0.2) is 9.55 Å². The molecule has 2 N–H and O–H groups in total. The number of para-hydroxylation sites is 1. The van der Waals surface area contributed by atoms with Crippen LogP contribution in [-0.2, 0) is 6.54 Å². The van der Waals surface area contributed by atoms with E-state index in [9.17, 15) is 0 Å². The van der Waals surface area contributed by atoms with Crippen molar-refractivity contribution >= 4 is 11.6 Å². The molecule has 0 unspecified atom stereocenters. The van der Waals surface area contributed by atoms with Crippen LogP contribution in [0.25, 0.3) is 5.69 Å². The minimum absolute atomic E-state index is 0.402. The van der Waals surface area contributed by atoms with Crippen LogP contribution in [0.5, 0.6) is 0 Å². The van der Waals surface area contributed by atoms with Crippen LogP contribution >= 0.6 is 11.6 Å². The summed E-state index contributed by atoms with van der Waals surface area (Å²) in [6.45, 7) is 2.38. The van der Waals surface area contributed by atoms with Gasteiger partial charge in [0, 0.05) is 11.9 Å². The van der Waals surface area contributed by atoms with Gasteiger partial charge in [-0.05, 0) is 19.1 Å². The lowest BCUT2D eigenvalue weighted by atomic mass is 10.3. The van der Waals surface area contributed by atoms with E-state index in [2.05, 4.69) is 4.98 Å². The fraction of sp³-hybridized carbons (Fsp3) is 0.182. The Kier molecular flexibility index (Phi) is 2.75. The molecule has 2 rings (SSSR count). The predicted molar refractivity (Wildman–Crippen MR) is 61.2 cm³/mol. The summed E-state index contributed by atoms with van der Waals surface area (Å²) in [7, 11) is 0. The van der Waals surface area contributed by atoms with E-state index in [-0.39, 0.29) is 0 Å². The largest absolute Gasteiger partial charge is 0.324 e.